The molecular weight excluding hydrogens is 128 g/mol. The summed E-state index contributed by atoms with van der Waals surface area (Å²) in [7, 11) is 1.48. The number of allylic oxidation sites excluding steroid dienone is 4. The third-order valence-corrected chi connectivity index (χ3v) is 1.01. The molecule has 0 N–H and O–H groups in total. The third-order valence-electron chi connectivity index (χ3n) is 1.01. The van der Waals surface area contributed by atoms with Crippen molar-refractivity contribution >= 4 is 5.78 Å². The summed E-state index contributed by atoms with van der Waals surface area (Å²) >= 11 is 0. The lowest BCUT2D eigenvalue weighted by Gasteiger charge is -1.97. The van der Waals surface area contributed by atoms with E-state index in [0.717, 1.165) is 0 Å². The van der Waals surface area contributed by atoms with E-state index in [2.05, 4.69) is 0 Å². The predicted octanol–water partition coefficient (Wildman–Crippen LogP) is 1.68. The number of ether oxygens (including phenoxy) is 1. The minimum atomic E-state index is -0.0550. The van der Waals surface area contributed by atoms with Crippen molar-refractivity contribution in [3.63, 3.8) is 0 Å². The minimum Gasteiger partial charge on any atom is -0.493 e. The molecule has 0 aromatic rings. The van der Waals surface area contributed by atoms with Crippen LogP contribution in [0.25, 0.3) is 0 Å². The summed E-state index contributed by atoms with van der Waals surface area (Å²) in [6.45, 7) is 3.35. The van der Waals surface area contributed by atoms with E-state index in [9.17, 15) is 4.79 Å². The van der Waals surface area contributed by atoms with Crippen molar-refractivity contribution in [1.29, 1.82) is 0 Å². The summed E-state index contributed by atoms with van der Waals surface area (Å²) < 4.78 is 4.77. The number of hydrogen-bond donors (Lipinski definition) is 0. The Balaban J connectivity index is 4.18. The second kappa shape index (κ2) is 4.79. The van der Waals surface area contributed by atoms with Gasteiger partial charge in [-0.05, 0) is 13.0 Å². The third kappa shape index (κ3) is 3.07. The van der Waals surface area contributed by atoms with Gasteiger partial charge < -0.3 is 4.74 Å². The maximum atomic E-state index is 10.7. The first-order valence-corrected chi connectivity index (χ1v) is 3.10. The zero-order chi connectivity index (χ0) is 7.98. The summed E-state index contributed by atoms with van der Waals surface area (Å²) in [4.78, 5) is 10.7. The SMILES string of the molecule is C/C=C/C=C(\OC)C(C)=O. The molecule has 0 bridgehead atoms. The van der Waals surface area contributed by atoms with E-state index < -0.39 is 0 Å². The molecule has 0 amide bonds. The summed E-state index contributed by atoms with van der Waals surface area (Å²) in [5.74, 6) is 0.332. The highest BCUT2D eigenvalue weighted by molar-refractivity contribution is 5.91. The zero-order valence-corrected chi connectivity index (χ0v) is 6.55. The molecule has 0 aliphatic rings. The standard InChI is InChI=1S/C8H12O2/c1-4-5-6-8(10-3)7(2)9/h4-6H,1-3H3/b5-4+,8-6-. The van der Waals surface area contributed by atoms with Gasteiger partial charge in [-0.3, -0.25) is 4.79 Å². The van der Waals surface area contributed by atoms with Gasteiger partial charge in [-0.15, -0.1) is 0 Å². The number of rotatable bonds is 3. The van der Waals surface area contributed by atoms with Gasteiger partial charge in [0.25, 0.3) is 0 Å². The Morgan fingerprint density at radius 1 is 1.50 bits per heavy atom. The number of Topliss-reactive ketones (excluding diaryl/α,β-unsaturated/α-hetero) is 1. The van der Waals surface area contributed by atoms with E-state index in [-0.39, 0.29) is 5.78 Å². The number of hydrogen-bond acceptors (Lipinski definition) is 2. The van der Waals surface area contributed by atoms with Gasteiger partial charge in [0.1, 0.15) is 0 Å². The monoisotopic (exact) mass is 140 g/mol. The van der Waals surface area contributed by atoms with Crippen molar-refractivity contribution in [2.75, 3.05) is 7.11 Å². The molecule has 2 heteroatoms. The summed E-state index contributed by atoms with van der Waals surface area (Å²) in [5, 5.41) is 0. The van der Waals surface area contributed by atoms with Crippen molar-refractivity contribution < 1.29 is 9.53 Å². The molecule has 0 aromatic carbocycles. The fourth-order valence-corrected chi connectivity index (χ4v) is 0.513. The summed E-state index contributed by atoms with van der Waals surface area (Å²) in [6.07, 6.45) is 5.24. The van der Waals surface area contributed by atoms with Gasteiger partial charge in [0.2, 0.25) is 0 Å². The van der Waals surface area contributed by atoms with Crippen LogP contribution in [0.15, 0.2) is 24.0 Å². The van der Waals surface area contributed by atoms with Crippen molar-refractivity contribution in [3.8, 4) is 0 Å². The largest absolute Gasteiger partial charge is 0.493 e. The predicted molar refractivity (Wildman–Crippen MR) is 40.6 cm³/mol. The van der Waals surface area contributed by atoms with Crippen molar-refractivity contribution in [2.24, 2.45) is 0 Å². The van der Waals surface area contributed by atoms with Crippen molar-refractivity contribution in [1.82, 2.24) is 0 Å². The summed E-state index contributed by atoms with van der Waals surface area (Å²) in [5.41, 5.74) is 0. The van der Waals surface area contributed by atoms with Crippen LogP contribution in [-0.2, 0) is 9.53 Å². The Morgan fingerprint density at radius 3 is 2.40 bits per heavy atom. The smallest absolute Gasteiger partial charge is 0.194 e. The second-order valence-corrected chi connectivity index (χ2v) is 1.82. The maximum Gasteiger partial charge on any atom is 0.194 e. The van der Waals surface area contributed by atoms with E-state index in [1.807, 2.05) is 13.0 Å². The van der Waals surface area contributed by atoms with Crippen LogP contribution in [0.4, 0.5) is 0 Å². The van der Waals surface area contributed by atoms with Crippen LogP contribution < -0.4 is 0 Å². The van der Waals surface area contributed by atoms with Gasteiger partial charge in [0.15, 0.2) is 11.5 Å². The number of carbonyl (C=O) groups is 1. The molecule has 0 saturated carbocycles. The highest BCUT2D eigenvalue weighted by Crippen LogP contribution is 1.96. The minimum absolute atomic E-state index is 0.0550. The van der Waals surface area contributed by atoms with E-state index >= 15 is 0 Å². The molecule has 0 saturated heterocycles. The first-order valence-electron chi connectivity index (χ1n) is 3.10. The first-order chi connectivity index (χ1) is 4.72. The molecule has 0 aliphatic heterocycles. The molecule has 0 fully saturated rings. The van der Waals surface area contributed by atoms with Crippen molar-refractivity contribution in [2.45, 2.75) is 13.8 Å². The molecule has 0 atom stereocenters. The molecule has 0 spiro atoms. The number of methoxy groups -OCH3 is 1. The van der Waals surface area contributed by atoms with Crippen LogP contribution in [0.5, 0.6) is 0 Å². The molecule has 0 aliphatic carbocycles. The van der Waals surface area contributed by atoms with Crippen LogP contribution in [0, 0.1) is 0 Å². The highest BCUT2D eigenvalue weighted by Gasteiger charge is 1.98. The Kier molecular flexibility index (Phi) is 4.29. The van der Waals surface area contributed by atoms with Gasteiger partial charge in [-0.25, -0.2) is 0 Å². The van der Waals surface area contributed by atoms with Crippen LogP contribution >= 0.6 is 0 Å². The van der Waals surface area contributed by atoms with Gasteiger partial charge in [0.05, 0.1) is 7.11 Å². The molecule has 56 valence electrons. The lowest BCUT2D eigenvalue weighted by atomic mass is 10.3. The Bertz CT molecular complexity index is 166. The zero-order valence-electron chi connectivity index (χ0n) is 6.55. The van der Waals surface area contributed by atoms with Crippen LogP contribution in [0.2, 0.25) is 0 Å². The number of ketones is 1. The molecule has 0 heterocycles. The lowest BCUT2D eigenvalue weighted by Crippen LogP contribution is -1.97. The van der Waals surface area contributed by atoms with E-state index in [1.165, 1.54) is 14.0 Å². The fourth-order valence-electron chi connectivity index (χ4n) is 0.513. The molecular formula is C8H12O2. The van der Waals surface area contributed by atoms with Gasteiger partial charge in [-0.2, -0.15) is 0 Å². The highest BCUT2D eigenvalue weighted by atomic mass is 16.5. The van der Waals surface area contributed by atoms with Crippen LogP contribution in [-0.4, -0.2) is 12.9 Å². The van der Waals surface area contributed by atoms with E-state index in [4.69, 9.17) is 4.74 Å². The van der Waals surface area contributed by atoms with Gasteiger partial charge in [0, 0.05) is 6.92 Å². The van der Waals surface area contributed by atoms with Crippen molar-refractivity contribution in [3.05, 3.63) is 24.0 Å². The quantitative estimate of drug-likeness (QED) is 0.338. The molecule has 0 radical (unpaired) electrons. The van der Waals surface area contributed by atoms with Gasteiger partial charge >= 0.3 is 0 Å². The van der Waals surface area contributed by atoms with E-state index in [0.29, 0.717) is 5.76 Å². The van der Waals surface area contributed by atoms with E-state index in [1.54, 1.807) is 12.2 Å². The topological polar surface area (TPSA) is 26.3 Å². The first kappa shape index (κ1) is 8.95. The molecule has 2 nitrogen and oxygen atoms in total. The number of carbonyl (C=O) groups excluding carboxylic acids is 1. The lowest BCUT2D eigenvalue weighted by molar-refractivity contribution is -0.116. The fraction of sp³-hybridized carbons (Fsp3) is 0.375. The molecule has 0 rings (SSSR count). The Hall–Kier alpha value is -1.05. The Labute approximate surface area is 61.2 Å². The average Bonchev–Trinajstić information content (AvgIpc) is 1.89. The van der Waals surface area contributed by atoms with Crippen LogP contribution in [0.3, 0.4) is 0 Å². The molecule has 0 unspecified atom stereocenters. The Morgan fingerprint density at radius 2 is 2.10 bits per heavy atom. The molecule has 0 aromatic heterocycles. The average molecular weight is 140 g/mol. The second-order valence-electron chi connectivity index (χ2n) is 1.82. The van der Waals surface area contributed by atoms with Gasteiger partial charge in [-0.1, -0.05) is 12.2 Å². The summed E-state index contributed by atoms with van der Waals surface area (Å²) in [6, 6.07) is 0. The molecule has 10 heavy (non-hydrogen) atoms. The maximum absolute atomic E-state index is 10.7. The van der Waals surface area contributed by atoms with Crippen LogP contribution in [0.1, 0.15) is 13.8 Å². The normalized spacial score (nSPS) is 12.1.